The van der Waals surface area contributed by atoms with E-state index in [0.717, 1.165) is 30.5 Å². The maximum Gasteiger partial charge on any atom is 0.270 e. The average molecular weight is 342 g/mol. The van der Waals surface area contributed by atoms with E-state index in [1.807, 2.05) is 11.8 Å². The molecule has 2 atom stereocenters. The van der Waals surface area contributed by atoms with Gasteiger partial charge in [-0.05, 0) is 51.6 Å². The van der Waals surface area contributed by atoms with Crippen molar-refractivity contribution in [2.24, 2.45) is 11.7 Å². The van der Waals surface area contributed by atoms with Gasteiger partial charge in [-0.25, -0.2) is 0 Å². The molecule has 0 saturated carbocycles. The molecule has 1 amide bonds. The first-order chi connectivity index (χ1) is 10.4. The summed E-state index contributed by atoms with van der Waals surface area (Å²) < 4.78 is 0. The van der Waals surface area contributed by atoms with Gasteiger partial charge in [0.15, 0.2) is 5.78 Å². The predicted octanol–water partition coefficient (Wildman–Crippen LogP) is 2.71. The molecule has 0 bridgehead atoms. The number of carbonyl (C=O) groups is 2. The van der Waals surface area contributed by atoms with Crippen molar-refractivity contribution < 1.29 is 9.59 Å². The third-order valence-electron chi connectivity index (χ3n) is 4.61. The number of H-pyrrole nitrogens is 1. The number of ketones is 1. The summed E-state index contributed by atoms with van der Waals surface area (Å²) in [6, 6.07) is 0.194. The lowest BCUT2D eigenvalue weighted by molar-refractivity contribution is 0.0737. The molecule has 1 saturated heterocycles. The molecule has 1 aromatic rings. The number of amides is 1. The average Bonchev–Trinajstić information content (AvgIpc) is 2.99. The van der Waals surface area contributed by atoms with Crippen molar-refractivity contribution >= 4 is 24.1 Å². The minimum absolute atomic E-state index is 0. The quantitative estimate of drug-likeness (QED) is 0.808. The molecule has 0 radical (unpaired) electrons. The van der Waals surface area contributed by atoms with E-state index < -0.39 is 0 Å². The summed E-state index contributed by atoms with van der Waals surface area (Å²) in [4.78, 5) is 29.9. The molecule has 1 fully saturated rings. The number of hydrogen-bond donors (Lipinski definition) is 2. The predicted molar refractivity (Wildman–Crippen MR) is 94.4 cm³/mol. The van der Waals surface area contributed by atoms with Crippen LogP contribution < -0.4 is 5.73 Å². The van der Waals surface area contributed by atoms with Crippen LogP contribution in [-0.2, 0) is 6.42 Å². The van der Waals surface area contributed by atoms with Crippen molar-refractivity contribution in [3.8, 4) is 0 Å². The second-order valence-electron chi connectivity index (χ2n) is 6.43. The highest BCUT2D eigenvalue weighted by Crippen LogP contribution is 2.28. The Morgan fingerprint density at radius 1 is 1.39 bits per heavy atom. The summed E-state index contributed by atoms with van der Waals surface area (Å²) >= 11 is 0. The summed E-state index contributed by atoms with van der Waals surface area (Å²) in [5.74, 6) is 0.393. The Bertz CT molecular complexity index is 583. The van der Waals surface area contributed by atoms with Gasteiger partial charge in [0.25, 0.3) is 5.91 Å². The van der Waals surface area contributed by atoms with Crippen LogP contribution in [0.4, 0.5) is 0 Å². The Balaban J connectivity index is 0.00000264. The highest BCUT2D eigenvalue weighted by Gasteiger charge is 2.34. The number of nitrogens with two attached hydrogens (primary N) is 1. The molecule has 5 nitrogen and oxygen atoms in total. The van der Waals surface area contributed by atoms with E-state index in [1.54, 1.807) is 6.92 Å². The minimum Gasteiger partial charge on any atom is -0.354 e. The van der Waals surface area contributed by atoms with Gasteiger partial charge in [-0.2, -0.15) is 0 Å². The fourth-order valence-electron chi connectivity index (χ4n) is 3.58. The van der Waals surface area contributed by atoms with E-state index in [-0.39, 0.29) is 30.1 Å². The summed E-state index contributed by atoms with van der Waals surface area (Å²) in [6.45, 7) is 8.86. The van der Waals surface area contributed by atoms with Gasteiger partial charge in [-0.15, -0.1) is 12.4 Å². The summed E-state index contributed by atoms with van der Waals surface area (Å²) in [5, 5.41) is 0. The molecule has 0 aromatic carbocycles. The van der Waals surface area contributed by atoms with E-state index >= 15 is 0 Å². The third kappa shape index (κ3) is 3.78. The number of carbonyl (C=O) groups excluding carboxylic acids is 2. The second kappa shape index (κ2) is 7.97. The summed E-state index contributed by atoms with van der Waals surface area (Å²) in [6.07, 6.45) is 2.59. The number of hydrogen-bond acceptors (Lipinski definition) is 3. The fourth-order valence-corrected chi connectivity index (χ4v) is 3.58. The number of aryl methyl sites for hydroxylation is 1. The summed E-state index contributed by atoms with van der Waals surface area (Å²) in [5.41, 5.74) is 8.70. The van der Waals surface area contributed by atoms with Crippen molar-refractivity contribution in [2.45, 2.75) is 53.0 Å². The van der Waals surface area contributed by atoms with Crippen LogP contribution >= 0.6 is 12.4 Å². The molecule has 130 valence electrons. The van der Waals surface area contributed by atoms with Gasteiger partial charge < -0.3 is 15.6 Å². The molecule has 1 aliphatic rings. The Labute approximate surface area is 144 Å². The van der Waals surface area contributed by atoms with Gasteiger partial charge in [-0.1, -0.05) is 13.3 Å². The molecule has 2 unspecified atom stereocenters. The number of nitrogens with one attached hydrogen (secondary N) is 1. The maximum absolute atomic E-state index is 12.9. The highest BCUT2D eigenvalue weighted by atomic mass is 35.5. The monoisotopic (exact) mass is 341 g/mol. The van der Waals surface area contributed by atoms with Crippen molar-refractivity contribution in [3.63, 3.8) is 0 Å². The van der Waals surface area contributed by atoms with E-state index in [4.69, 9.17) is 5.73 Å². The Morgan fingerprint density at radius 3 is 2.52 bits per heavy atom. The molecule has 0 aliphatic carbocycles. The van der Waals surface area contributed by atoms with Gasteiger partial charge in [0.05, 0.1) is 0 Å². The lowest BCUT2D eigenvalue weighted by Crippen LogP contribution is -2.35. The van der Waals surface area contributed by atoms with Crippen LogP contribution in [0, 0.1) is 12.8 Å². The lowest BCUT2D eigenvalue weighted by atomic mass is 10.0. The van der Waals surface area contributed by atoms with Crippen molar-refractivity contribution in [2.75, 3.05) is 13.1 Å². The second-order valence-corrected chi connectivity index (χ2v) is 6.43. The topological polar surface area (TPSA) is 79.2 Å². The van der Waals surface area contributed by atoms with Crippen molar-refractivity contribution in [1.82, 2.24) is 9.88 Å². The van der Waals surface area contributed by atoms with Gasteiger partial charge in [0.1, 0.15) is 5.69 Å². The first-order valence-corrected chi connectivity index (χ1v) is 8.14. The zero-order valence-electron chi connectivity index (χ0n) is 14.4. The van der Waals surface area contributed by atoms with Gasteiger partial charge in [-0.3, -0.25) is 9.59 Å². The molecular formula is C17H28ClN3O2. The number of likely N-dealkylation sites (tertiary alicyclic amines) is 1. The smallest absolute Gasteiger partial charge is 0.270 e. The van der Waals surface area contributed by atoms with Gasteiger partial charge >= 0.3 is 0 Å². The SMILES string of the molecule is CCCc1c(C(=O)N2CC(CN)CC2C)[nH]c(C)c1C(C)=O.Cl. The van der Waals surface area contributed by atoms with Crippen LogP contribution in [0.25, 0.3) is 0 Å². The van der Waals surface area contributed by atoms with E-state index in [2.05, 4.69) is 18.8 Å². The Morgan fingerprint density at radius 2 is 2.04 bits per heavy atom. The van der Waals surface area contributed by atoms with Crippen LogP contribution in [0.1, 0.15) is 65.7 Å². The van der Waals surface area contributed by atoms with Gasteiger partial charge in [0.2, 0.25) is 0 Å². The number of Topliss-reactive ketones (excluding diaryl/α,β-unsaturated/α-hetero) is 1. The van der Waals surface area contributed by atoms with Crippen LogP contribution in [0.3, 0.4) is 0 Å². The van der Waals surface area contributed by atoms with Crippen LogP contribution in [0.15, 0.2) is 0 Å². The van der Waals surface area contributed by atoms with Gasteiger partial charge in [0, 0.05) is 23.8 Å². The maximum atomic E-state index is 12.9. The number of aromatic amines is 1. The van der Waals surface area contributed by atoms with Crippen molar-refractivity contribution in [3.05, 3.63) is 22.5 Å². The van der Waals surface area contributed by atoms with Crippen molar-refractivity contribution in [1.29, 1.82) is 0 Å². The number of nitrogens with zero attached hydrogens (tertiary/aromatic N) is 1. The first kappa shape index (κ1) is 19.7. The first-order valence-electron chi connectivity index (χ1n) is 8.14. The van der Waals surface area contributed by atoms with E-state index in [1.165, 1.54) is 0 Å². The number of rotatable bonds is 5. The van der Waals surface area contributed by atoms with Crippen LogP contribution in [-0.4, -0.2) is 40.7 Å². The molecule has 2 rings (SSSR count). The molecule has 1 aliphatic heterocycles. The zero-order valence-corrected chi connectivity index (χ0v) is 15.3. The van der Waals surface area contributed by atoms with E-state index in [9.17, 15) is 9.59 Å². The van der Waals surface area contributed by atoms with Crippen LogP contribution in [0.5, 0.6) is 0 Å². The zero-order chi connectivity index (χ0) is 16.4. The third-order valence-corrected chi connectivity index (χ3v) is 4.61. The number of halogens is 1. The normalized spacial score (nSPS) is 20.5. The highest BCUT2D eigenvalue weighted by molar-refractivity contribution is 6.02. The molecule has 6 heteroatoms. The molecule has 2 heterocycles. The molecule has 23 heavy (non-hydrogen) atoms. The number of aromatic nitrogens is 1. The minimum atomic E-state index is 0. The molecule has 0 spiro atoms. The lowest BCUT2D eigenvalue weighted by Gasteiger charge is -2.21. The molecule has 3 N–H and O–H groups in total. The largest absolute Gasteiger partial charge is 0.354 e. The molecule has 1 aromatic heterocycles. The van der Waals surface area contributed by atoms with E-state index in [0.29, 0.717) is 30.3 Å². The standard InChI is InChI=1S/C17H27N3O2.ClH/c1-5-6-14-15(12(4)21)11(3)19-16(14)17(22)20-9-13(8-18)7-10(20)2;/h10,13,19H,5-9,18H2,1-4H3;1H. The fraction of sp³-hybridized carbons (Fsp3) is 0.647. The Hall–Kier alpha value is -1.33. The summed E-state index contributed by atoms with van der Waals surface area (Å²) in [7, 11) is 0. The Kier molecular flexibility index (Phi) is 6.84. The van der Waals surface area contributed by atoms with Crippen LogP contribution in [0.2, 0.25) is 0 Å². The molecular weight excluding hydrogens is 314 g/mol.